The van der Waals surface area contributed by atoms with Crippen molar-refractivity contribution in [2.75, 3.05) is 38.7 Å². The van der Waals surface area contributed by atoms with Gasteiger partial charge < -0.3 is 14.5 Å². The molecule has 25 heavy (non-hydrogen) atoms. The lowest BCUT2D eigenvalue weighted by Crippen LogP contribution is -2.46. The molecule has 0 saturated carbocycles. The number of rotatable bonds is 5. The Balaban J connectivity index is 1.57. The lowest BCUT2D eigenvalue weighted by molar-refractivity contribution is -0.0248. The van der Waals surface area contributed by atoms with E-state index in [1.165, 1.54) is 18.0 Å². The lowest BCUT2D eigenvalue weighted by Gasteiger charge is -2.32. The Morgan fingerprint density at radius 2 is 2.20 bits per heavy atom. The standard InChI is InChI=1S/C18H23N5O2/c1-22(2)17-11-14(5-6-21-17)3-4-15-13-23(9-10-25-15)18(24)16-12-19-7-8-20-16/h5-8,11-12,15H,3-4,9-10,13H2,1-2H3. The number of aryl methyl sites for hydroxylation is 1. The van der Waals surface area contributed by atoms with Gasteiger partial charge in [0.05, 0.1) is 18.9 Å². The summed E-state index contributed by atoms with van der Waals surface area (Å²) in [6.45, 7) is 1.73. The zero-order valence-electron chi connectivity index (χ0n) is 14.6. The van der Waals surface area contributed by atoms with Crippen molar-refractivity contribution in [3.8, 4) is 0 Å². The van der Waals surface area contributed by atoms with E-state index in [1.54, 1.807) is 11.1 Å². The fraction of sp³-hybridized carbons (Fsp3) is 0.444. The quantitative estimate of drug-likeness (QED) is 0.819. The minimum Gasteiger partial charge on any atom is -0.375 e. The van der Waals surface area contributed by atoms with Gasteiger partial charge in [0.25, 0.3) is 5.91 Å². The molecule has 7 nitrogen and oxygen atoms in total. The van der Waals surface area contributed by atoms with Crippen molar-refractivity contribution in [2.45, 2.75) is 18.9 Å². The Morgan fingerprint density at radius 1 is 1.32 bits per heavy atom. The van der Waals surface area contributed by atoms with E-state index in [9.17, 15) is 4.79 Å². The molecule has 3 rings (SSSR count). The van der Waals surface area contributed by atoms with Gasteiger partial charge in [-0.3, -0.25) is 9.78 Å². The van der Waals surface area contributed by atoms with Crippen LogP contribution in [0.4, 0.5) is 5.82 Å². The third kappa shape index (κ3) is 4.51. The second kappa shape index (κ2) is 8.02. The van der Waals surface area contributed by atoms with Gasteiger partial charge in [-0.15, -0.1) is 0 Å². The summed E-state index contributed by atoms with van der Waals surface area (Å²) < 4.78 is 5.84. The van der Waals surface area contributed by atoms with Crippen molar-refractivity contribution in [1.82, 2.24) is 19.9 Å². The maximum absolute atomic E-state index is 12.5. The zero-order chi connectivity index (χ0) is 17.6. The van der Waals surface area contributed by atoms with Crippen LogP contribution in [-0.2, 0) is 11.2 Å². The molecule has 0 N–H and O–H groups in total. The molecule has 132 valence electrons. The van der Waals surface area contributed by atoms with E-state index < -0.39 is 0 Å². The van der Waals surface area contributed by atoms with Gasteiger partial charge in [-0.1, -0.05) is 0 Å². The van der Waals surface area contributed by atoms with E-state index in [1.807, 2.05) is 31.3 Å². The summed E-state index contributed by atoms with van der Waals surface area (Å²) in [6, 6.07) is 4.11. The SMILES string of the molecule is CN(C)c1cc(CCC2CN(C(=O)c3cnccn3)CCO2)ccn1. The fourth-order valence-electron chi connectivity index (χ4n) is 2.84. The molecular formula is C18H23N5O2. The van der Waals surface area contributed by atoms with Gasteiger partial charge in [-0.2, -0.15) is 0 Å². The molecule has 1 unspecified atom stereocenters. The van der Waals surface area contributed by atoms with Gasteiger partial charge in [-0.25, -0.2) is 9.97 Å². The Kier molecular flexibility index (Phi) is 5.55. The molecule has 1 aliphatic heterocycles. The summed E-state index contributed by atoms with van der Waals surface area (Å²) >= 11 is 0. The maximum Gasteiger partial charge on any atom is 0.274 e. The van der Waals surface area contributed by atoms with Crippen LogP contribution in [0, 0.1) is 0 Å². The van der Waals surface area contributed by atoms with Gasteiger partial charge in [0.15, 0.2) is 0 Å². The molecule has 2 aromatic heterocycles. The average Bonchev–Trinajstić information content (AvgIpc) is 2.67. The predicted molar refractivity (Wildman–Crippen MR) is 94.6 cm³/mol. The number of aromatic nitrogens is 3. The van der Waals surface area contributed by atoms with E-state index >= 15 is 0 Å². The molecule has 1 aliphatic rings. The first-order valence-corrected chi connectivity index (χ1v) is 8.42. The highest BCUT2D eigenvalue weighted by Gasteiger charge is 2.25. The van der Waals surface area contributed by atoms with Crippen LogP contribution in [0.2, 0.25) is 0 Å². The number of anilines is 1. The third-order valence-corrected chi connectivity index (χ3v) is 4.23. The first-order valence-electron chi connectivity index (χ1n) is 8.42. The maximum atomic E-state index is 12.5. The monoisotopic (exact) mass is 341 g/mol. The first kappa shape index (κ1) is 17.3. The molecule has 1 amide bonds. The molecule has 3 heterocycles. The summed E-state index contributed by atoms with van der Waals surface area (Å²) in [5.74, 6) is 0.863. The Bertz CT molecular complexity index is 708. The molecule has 7 heteroatoms. The summed E-state index contributed by atoms with van der Waals surface area (Å²) in [6.07, 6.45) is 8.22. The summed E-state index contributed by atoms with van der Waals surface area (Å²) in [4.78, 5) is 28.7. The molecule has 1 saturated heterocycles. The van der Waals surface area contributed by atoms with Crippen LogP contribution in [0.5, 0.6) is 0 Å². The zero-order valence-corrected chi connectivity index (χ0v) is 14.6. The molecule has 0 bridgehead atoms. The number of carbonyl (C=O) groups excluding carboxylic acids is 1. The smallest absolute Gasteiger partial charge is 0.274 e. The van der Waals surface area contributed by atoms with Crippen molar-refractivity contribution in [2.24, 2.45) is 0 Å². The van der Waals surface area contributed by atoms with Crippen molar-refractivity contribution >= 4 is 11.7 Å². The van der Waals surface area contributed by atoms with E-state index in [0.29, 0.717) is 25.4 Å². The number of hydrogen-bond acceptors (Lipinski definition) is 6. The number of ether oxygens (including phenoxy) is 1. The minimum absolute atomic E-state index is 0.0327. The number of hydrogen-bond donors (Lipinski definition) is 0. The fourth-order valence-corrected chi connectivity index (χ4v) is 2.84. The van der Waals surface area contributed by atoms with Gasteiger partial charge >= 0.3 is 0 Å². The van der Waals surface area contributed by atoms with Crippen LogP contribution in [-0.4, -0.2) is 65.7 Å². The molecule has 2 aromatic rings. The summed E-state index contributed by atoms with van der Waals surface area (Å²) in [5.41, 5.74) is 1.60. The lowest BCUT2D eigenvalue weighted by atomic mass is 10.1. The van der Waals surface area contributed by atoms with E-state index in [0.717, 1.165) is 18.7 Å². The Labute approximate surface area is 147 Å². The third-order valence-electron chi connectivity index (χ3n) is 4.23. The topological polar surface area (TPSA) is 71.5 Å². The molecule has 0 spiro atoms. The van der Waals surface area contributed by atoms with Crippen LogP contribution in [0.3, 0.4) is 0 Å². The van der Waals surface area contributed by atoms with E-state index in [-0.39, 0.29) is 12.0 Å². The molecular weight excluding hydrogens is 318 g/mol. The van der Waals surface area contributed by atoms with Crippen LogP contribution in [0.15, 0.2) is 36.9 Å². The highest BCUT2D eigenvalue weighted by molar-refractivity contribution is 5.92. The second-order valence-electron chi connectivity index (χ2n) is 6.29. The largest absolute Gasteiger partial charge is 0.375 e. The van der Waals surface area contributed by atoms with E-state index in [4.69, 9.17) is 4.74 Å². The normalized spacial score (nSPS) is 17.4. The second-order valence-corrected chi connectivity index (χ2v) is 6.29. The summed E-state index contributed by atoms with van der Waals surface area (Å²) in [7, 11) is 3.96. The van der Waals surface area contributed by atoms with Crippen molar-refractivity contribution < 1.29 is 9.53 Å². The number of pyridine rings is 1. The number of morpholine rings is 1. The highest BCUT2D eigenvalue weighted by atomic mass is 16.5. The van der Waals surface area contributed by atoms with Gasteiger partial charge in [-0.05, 0) is 30.5 Å². The Hall–Kier alpha value is -2.54. The van der Waals surface area contributed by atoms with Crippen LogP contribution >= 0.6 is 0 Å². The van der Waals surface area contributed by atoms with Crippen molar-refractivity contribution in [3.05, 3.63) is 48.2 Å². The van der Waals surface area contributed by atoms with Gasteiger partial charge in [0.2, 0.25) is 0 Å². The van der Waals surface area contributed by atoms with Crippen LogP contribution < -0.4 is 4.90 Å². The minimum atomic E-state index is -0.0831. The number of carbonyl (C=O) groups is 1. The number of amides is 1. The van der Waals surface area contributed by atoms with Crippen LogP contribution in [0.25, 0.3) is 0 Å². The predicted octanol–water partition coefficient (Wildman–Crippen LogP) is 1.41. The molecule has 0 aromatic carbocycles. The highest BCUT2D eigenvalue weighted by Crippen LogP contribution is 2.16. The average molecular weight is 341 g/mol. The van der Waals surface area contributed by atoms with Crippen molar-refractivity contribution in [1.29, 1.82) is 0 Å². The van der Waals surface area contributed by atoms with E-state index in [2.05, 4.69) is 21.0 Å². The first-order chi connectivity index (χ1) is 12.1. The molecule has 1 fully saturated rings. The Morgan fingerprint density at radius 3 is 2.96 bits per heavy atom. The number of nitrogens with zero attached hydrogens (tertiary/aromatic N) is 5. The molecule has 0 aliphatic carbocycles. The van der Waals surface area contributed by atoms with Crippen molar-refractivity contribution in [3.63, 3.8) is 0 Å². The van der Waals surface area contributed by atoms with Gasteiger partial charge in [0.1, 0.15) is 11.5 Å². The molecule has 0 radical (unpaired) electrons. The molecule has 1 atom stereocenters. The van der Waals surface area contributed by atoms with Gasteiger partial charge in [0, 0.05) is 45.8 Å². The van der Waals surface area contributed by atoms with Crippen LogP contribution in [0.1, 0.15) is 22.5 Å². The summed E-state index contributed by atoms with van der Waals surface area (Å²) in [5, 5.41) is 0.